The molecule has 0 bridgehead atoms. The second-order valence-electron chi connectivity index (χ2n) is 17.1. The van der Waals surface area contributed by atoms with Crippen LogP contribution in [0.2, 0.25) is 0 Å². The Balaban J connectivity index is 0.000000290. The van der Waals surface area contributed by atoms with Crippen LogP contribution in [0.5, 0.6) is 0 Å². The Labute approximate surface area is 482 Å². The fourth-order valence-electron chi connectivity index (χ4n) is 7.88. The third-order valence-electron chi connectivity index (χ3n) is 11.6. The van der Waals surface area contributed by atoms with Gasteiger partial charge in [-0.15, -0.1) is 0 Å². The predicted octanol–water partition coefficient (Wildman–Crippen LogP) is 1.94. The predicted molar refractivity (Wildman–Crippen MR) is 308 cm³/mol. The molecule has 436 valence electrons. The molecule has 24 nitrogen and oxygen atoms in total. The van der Waals surface area contributed by atoms with Gasteiger partial charge in [-0.3, -0.25) is 9.59 Å². The number of aliphatic hydroxyl groups is 6. The maximum atomic E-state index is 11.5. The molecule has 4 aromatic carbocycles. The fourth-order valence-corrected chi connectivity index (χ4v) is 8.81. The van der Waals surface area contributed by atoms with Crippen LogP contribution in [0, 0.1) is 10.7 Å². The smallest absolute Gasteiger partial charge is 0.217 e. The van der Waals surface area contributed by atoms with Crippen LogP contribution in [0.25, 0.3) is 21.5 Å². The minimum Gasteiger partial charge on any atom is -0.394 e. The van der Waals surface area contributed by atoms with Gasteiger partial charge in [-0.1, -0.05) is 48.5 Å². The molecule has 12 N–H and O–H groups in total. The van der Waals surface area contributed by atoms with Gasteiger partial charge in [-0.2, -0.15) is 15.2 Å². The number of thiocyanates is 1. The highest BCUT2D eigenvalue weighted by molar-refractivity contribution is 8.04. The Kier molecular flexibility index (Phi) is 31.8. The lowest BCUT2D eigenvalue weighted by molar-refractivity contribution is -0.272. The molecule has 10 atom stereocenters. The van der Waals surface area contributed by atoms with Crippen LogP contribution < -0.4 is 27.0 Å². The number of carbonyl (C=O) groups excluding carboxylic acids is 2. The van der Waals surface area contributed by atoms with Gasteiger partial charge in [0, 0.05) is 53.7 Å². The van der Waals surface area contributed by atoms with E-state index >= 15 is 0 Å². The summed E-state index contributed by atoms with van der Waals surface area (Å²) in [6.07, 6.45) is -9.48. The van der Waals surface area contributed by atoms with E-state index in [4.69, 9.17) is 73.3 Å². The zero-order chi connectivity index (χ0) is 58.2. The highest BCUT2D eigenvalue weighted by Gasteiger charge is 2.46. The van der Waals surface area contributed by atoms with Crippen molar-refractivity contribution in [1.82, 2.24) is 16.0 Å². The Morgan fingerprint density at radius 1 is 0.637 bits per heavy atom. The van der Waals surface area contributed by atoms with Gasteiger partial charge < -0.3 is 95.5 Å². The highest BCUT2D eigenvalue weighted by atomic mass is 32.2. The zero-order valence-electron chi connectivity index (χ0n) is 43.9. The monoisotopic (exact) mass is 1190 g/mol. The molecular weight excluding hydrogens is 1120 g/mol. The molecule has 6 rings (SSSR count). The second kappa shape index (κ2) is 37.8. The van der Waals surface area contributed by atoms with Gasteiger partial charge in [-0.05, 0) is 78.1 Å². The van der Waals surface area contributed by atoms with E-state index < -0.39 is 86.3 Å². The summed E-state index contributed by atoms with van der Waals surface area (Å²) < 4.78 is 43.4. The number of rotatable bonds is 27. The zero-order valence-corrected chi connectivity index (χ0v) is 47.2. The first-order valence-electron chi connectivity index (χ1n) is 25.1. The summed E-state index contributed by atoms with van der Waals surface area (Å²) >= 11 is 15.9. The Morgan fingerprint density at radius 3 is 1.54 bits per heavy atom. The number of hydrogen-bond donors (Lipinski definition) is 11. The molecular formula is C52H68N8O16S4. The summed E-state index contributed by atoms with van der Waals surface area (Å²) in [5.74, 6) is -0.824. The SMILES string of the molecule is CC(=O)NC1[C@H](OCCOCCOCCN)OC(CO)[C@H](O)[C@@H]1O.CC(=O)NC1[C@H](OCCOCCOCCNC(=S)Nc2ccc(N=C=S)c3ccccc23)OC(CO)[C@H](O)[C@@H]1O.N#CSc1ccc(N=C=S)c2ccccc12. The number of nitrogens with one attached hydrogen (secondary N) is 4. The number of amides is 2. The molecule has 4 aromatic rings. The van der Waals surface area contributed by atoms with Gasteiger partial charge in [0.2, 0.25) is 11.8 Å². The number of nitriles is 1. The van der Waals surface area contributed by atoms with E-state index in [1.165, 1.54) is 13.8 Å². The number of hydrogen-bond acceptors (Lipinski definition) is 24. The molecule has 0 radical (unpaired) electrons. The van der Waals surface area contributed by atoms with Crippen LogP contribution in [-0.2, 0) is 47.5 Å². The van der Waals surface area contributed by atoms with E-state index in [-0.39, 0.29) is 26.4 Å². The van der Waals surface area contributed by atoms with Crippen LogP contribution in [0.3, 0.4) is 0 Å². The number of thiocarbonyl (C=S) groups is 3. The van der Waals surface area contributed by atoms with E-state index in [0.29, 0.717) is 57.8 Å². The van der Waals surface area contributed by atoms with E-state index in [1.54, 1.807) is 0 Å². The normalized spacial score (nSPS) is 22.1. The number of fused-ring (bicyclic) bond motifs is 2. The average Bonchev–Trinajstić information content (AvgIpc) is 3.45. The van der Waals surface area contributed by atoms with Crippen molar-refractivity contribution in [3.63, 3.8) is 0 Å². The largest absolute Gasteiger partial charge is 0.394 e. The topological polar surface area (TPSA) is 352 Å². The van der Waals surface area contributed by atoms with E-state index in [2.05, 4.69) is 59.2 Å². The van der Waals surface area contributed by atoms with E-state index in [1.807, 2.05) is 72.8 Å². The third kappa shape index (κ3) is 22.0. The van der Waals surface area contributed by atoms with Gasteiger partial charge in [0.25, 0.3) is 0 Å². The standard InChI is InChI=1S/C26H34N4O8S2.C14H28N2O8.C12H6N2S2/c1-16(32)29-22-24(34)23(33)21(14-31)38-25(22)37-13-12-36-11-10-35-9-8-27-26(40)30-20-7-6-19(28-15-39)17-4-2-3-5-18(17)20;1-9(18)16-11-13(20)12(19)10(8-17)24-14(11)23-7-6-22-5-4-21-3-2-15;13-7-16-12-6-5-11(14-8-15)9-3-1-2-4-10(9)12/h2-7,21-25,31,33-34H,8-14H2,1H3,(H,29,32)(H2,27,30,40);10-14,17,19-20H,2-8,15H2,1H3,(H,16,18);1-6H/t21?,22?,23-,24+,25+;10?,11?,12-,13+,14+;/m00./s1. The molecule has 0 aliphatic carbocycles. The van der Waals surface area contributed by atoms with Gasteiger partial charge in [0.1, 0.15) is 54.1 Å². The van der Waals surface area contributed by atoms with Crippen molar-refractivity contribution in [3.8, 4) is 5.40 Å². The van der Waals surface area contributed by atoms with Crippen molar-refractivity contribution < 1.29 is 78.1 Å². The molecule has 2 saturated heterocycles. The number of aliphatic hydroxyl groups excluding tert-OH is 6. The van der Waals surface area contributed by atoms with Crippen molar-refractivity contribution >= 4 is 114 Å². The molecule has 2 amide bonds. The van der Waals surface area contributed by atoms with Gasteiger partial charge >= 0.3 is 0 Å². The molecule has 80 heavy (non-hydrogen) atoms. The fraction of sp³-hybridized carbons (Fsp3) is 0.500. The minimum atomic E-state index is -1.36. The Hall–Kier alpha value is -5.13. The van der Waals surface area contributed by atoms with E-state index in [9.17, 15) is 40.2 Å². The van der Waals surface area contributed by atoms with Gasteiger partial charge in [0.05, 0.1) is 101 Å². The lowest BCUT2D eigenvalue weighted by Crippen LogP contribution is -2.64. The maximum Gasteiger partial charge on any atom is 0.217 e. The first-order chi connectivity index (χ1) is 38.7. The first-order valence-corrected chi connectivity index (χ1v) is 27.1. The average molecular weight is 1190 g/mol. The summed E-state index contributed by atoms with van der Waals surface area (Å²) in [4.78, 5) is 31.8. The Morgan fingerprint density at radius 2 is 1.07 bits per heavy atom. The number of thioether (sulfide) groups is 1. The molecule has 28 heteroatoms. The Bertz CT molecular complexity index is 2700. The van der Waals surface area contributed by atoms with Gasteiger partial charge in [0.15, 0.2) is 17.7 Å². The summed E-state index contributed by atoms with van der Waals surface area (Å²) in [5.41, 5.74) is 7.64. The molecule has 0 saturated carbocycles. The van der Waals surface area contributed by atoms with Crippen LogP contribution in [0.15, 0.2) is 87.7 Å². The number of ether oxygens (including phenoxy) is 8. The third-order valence-corrected chi connectivity index (χ3v) is 12.7. The molecule has 2 heterocycles. The minimum absolute atomic E-state index is 0.0940. The van der Waals surface area contributed by atoms with Crippen molar-refractivity contribution in [2.45, 2.75) is 80.0 Å². The number of isothiocyanates is 2. The maximum absolute atomic E-state index is 11.5. The van der Waals surface area contributed by atoms with Crippen LogP contribution in [0.1, 0.15) is 13.8 Å². The van der Waals surface area contributed by atoms with Crippen LogP contribution in [-0.4, -0.2) is 212 Å². The summed E-state index contributed by atoms with van der Waals surface area (Å²) in [7, 11) is 0. The van der Waals surface area contributed by atoms with Crippen molar-refractivity contribution in [2.24, 2.45) is 15.7 Å². The molecule has 4 unspecified atom stereocenters. The quantitative estimate of drug-likeness (QED) is 0.0134. The summed E-state index contributed by atoms with van der Waals surface area (Å²) in [6.45, 7) is 5.52. The van der Waals surface area contributed by atoms with E-state index in [0.717, 1.165) is 55.3 Å². The van der Waals surface area contributed by atoms with Gasteiger partial charge in [-0.25, -0.2) is 0 Å². The molecule has 0 aromatic heterocycles. The van der Waals surface area contributed by atoms with Crippen molar-refractivity contribution in [2.75, 3.05) is 97.7 Å². The lowest BCUT2D eigenvalue weighted by atomic mass is 9.97. The molecule has 2 fully saturated rings. The first kappa shape index (κ1) is 67.4. The van der Waals surface area contributed by atoms with Crippen molar-refractivity contribution in [3.05, 3.63) is 72.8 Å². The van der Waals surface area contributed by atoms with Crippen LogP contribution >= 0.6 is 48.4 Å². The summed E-state index contributed by atoms with van der Waals surface area (Å²) in [6, 6.07) is 21.1. The highest BCUT2D eigenvalue weighted by Crippen LogP contribution is 2.34. The van der Waals surface area contributed by atoms with Crippen LogP contribution in [0.4, 0.5) is 17.1 Å². The molecule has 2 aliphatic rings. The second-order valence-corrected chi connectivity index (χ2v) is 18.7. The van der Waals surface area contributed by atoms with Crippen molar-refractivity contribution in [1.29, 1.82) is 5.26 Å². The number of nitrogens with zero attached hydrogens (tertiary/aromatic N) is 3. The number of anilines is 1. The number of benzene rings is 4. The molecule has 2 aliphatic heterocycles. The lowest BCUT2D eigenvalue weighted by Gasteiger charge is -2.42. The number of aliphatic imine (C=N–C) groups is 2. The number of nitrogens with two attached hydrogens (primary N) is 1. The molecule has 0 spiro atoms. The number of carbonyl (C=O) groups is 2. The summed E-state index contributed by atoms with van der Waals surface area (Å²) in [5, 5.41) is 90.0.